The molecule has 84 valence electrons. The summed E-state index contributed by atoms with van der Waals surface area (Å²) in [5, 5.41) is 13.5. The molecule has 2 aromatic heterocycles. The van der Waals surface area contributed by atoms with Gasteiger partial charge in [0.15, 0.2) is 11.5 Å². The Bertz CT molecular complexity index is 673. The van der Waals surface area contributed by atoms with Crippen LogP contribution >= 0.6 is 0 Å². The number of phenolic OH excluding ortho intramolecular Hbond substituents is 1. The number of nitrogens with zero attached hydrogens (tertiary/aromatic N) is 3. The van der Waals surface area contributed by atoms with Gasteiger partial charge in [0.2, 0.25) is 0 Å². The third kappa shape index (κ3) is 1.67. The summed E-state index contributed by atoms with van der Waals surface area (Å²) in [5.41, 5.74) is 7.89. The molecule has 0 aliphatic carbocycles. The molecule has 17 heavy (non-hydrogen) atoms. The summed E-state index contributed by atoms with van der Waals surface area (Å²) in [4.78, 5) is 4.36. The largest absolute Gasteiger partial charge is 0.508 e. The fourth-order valence-electron chi connectivity index (χ4n) is 1.63. The van der Waals surface area contributed by atoms with Crippen LogP contribution in [0.1, 0.15) is 0 Å². The highest BCUT2D eigenvalue weighted by molar-refractivity contribution is 5.60. The minimum absolute atomic E-state index is 0.224. The van der Waals surface area contributed by atoms with E-state index in [0.29, 0.717) is 17.2 Å². The Labute approximate surface area is 97.1 Å². The summed E-state index contributed by atoms with van der Waals surface area (Å²) in [6, 6.07) is 10.3. The summed E-state index contributed by atoms with van der Waals surface area (Å²) < 4.78 is 1.67. The number of hydrogen-bond donors (Lipinski definition) is 2. The van der Waals surface area contributed by atoms with Gasteiger partial charge in [0.1, 0.15) is 5.75 Å². The maximum absolute atomic E-state index is 9.22. The number of aromatic nitrogens is 3. The van der Waals surface area contributed by atoms with Gasteiger partial charge in [-0.05, 0) is 30.3 Å². The standard InChI is InChI=1S/C12H10N4O/c13-9-5-6-16-11(7-9)14-12(15-16)8-1-3-10(17)4-2-8/h1-7,17H,13H2. The van der Waals surface area contributed by atoms with Gasteiger partial charge in [0, 0.05) is 23.5 Å². The molecule has 1 aromatic carbocycles. The Morgan fingerprint density at radius 2 is 1.88 bits per heavy atom. The number of hydrogen-bond acceptors (Lipinski definition) is 4. The van der Waals surface area contributed by atoms with Crippen LogP contribution < -0.4 is 5.73 Å². The van der Waals surface area contributed by atoms with E-state index in [0.717, 1.165) is 5.56 Å². The first-order chi connectivity index (χ1) is 8.22. The number of nitrogens with two attached hydrogens (primary N) is 1. The van der Waals surface area contributed by atoms with E-state index in [1.54, 1.807) is 47.1 Å². The van der Waals surface area contributed by atoms with E-state index in [1.165, 1.54) is 0 Å². The second-order valence-corrected chi connectivity index (χ2v) is 3.75. The SMILES string of the molecule is Nc1ccn2nc(-c3ccc(O)cc3)nc2c1. The van der Waals surface area contributed by atoms with Crippen LogP contribution in [-0.4, -0.2) is 19.7 Å². The fourth-order valence-corrected chi connectivity index (χ4v) is 1.63. The number of aromatic hydroxyl groups is 1. The third-order valence-electron chi connectivity index (χ3n) is 2.49. The number of phenols is 1. The summed E-state index contributed by atoms with van der Waals surface area (Å²) in [6.45, 7) is 0. The van der Waals surface area contributed by atoms with E-state index in [-0.39, 0.29) is 5.75 Å². The summed E-state index contributed by atoms with van der Waals surface area (Å²) in [5.74, 6) is 0.831. The molecule has 0 aliphatic heterocycles. The number of fused-ring (bicyclic) bond motifs is 1. The predicted octanol–water partition coefficient (Wildman–Crippen LogP) is 1.68. The van der Waals surface area contributed by atoms with Crippen molar-refractivity contribution in [3.63, 3.8) is 0 Å². The highest BCUT2D eigenvalue weighted by Gasteiger charge is 2.06. The van der Waals surface area contributed by atoms with Gasteiger partial charge in [0.25, 0.3) is 0 Å². The Kier molecular flexibility index (Phi) is 1.98. The highest BCUT2D eigenvalue weighted by Crippen LogP contribution is 2.19. The Balaban J connectivity index is 2.14. The van der Waals surface area contributed by atoms with Gasteiger partial charge in [-0.1, -0.05) is 0 Å². The van der Waals surface area contributed by atoms with Gasteiger partial charge in [-0.3, -0.25) is 0 Å². The van der Waals surface area contributed by atoms with E-state index >= 15 is 0 Å². The van der Waals surface area contributed by atoms with Crippen LogP contribution in [0, 0.1) is 0 Å². The molecule has 3 N–H and O–H groups in total. The van der Waals surface area contributed by atoms with E-state index in [1.807, 2.05) is 0 Å². The summed E-state index contributed by atoms with van der Waals surface area (Å²) in [7, 11) is 0. The van der Waals surface area contributed by atoms with Crippen LogP contribution in [-0.2, 0) is 0 Å². The third-order valence-corrected chi connectivity index (χ3v) is 2.49. The zero-order chi connectivity index (χ0) is 11.8. The zero-order valence-corrected chi connectivity index (χ0v) is 8.91. The van der Waals surface area contributed by atoms with Crippen molar-refractivity contribution in [1.82, 2.24) is 14.6 Å². The minimum atomic E-state index is 0.224. The second-order valence-electron chi connectivity index (χ2n) is 3.75. The van der Waals surface area contributed by atoms with Gasteiger partial charge < -0.3 is 10.8 Å². The lowest BCUT2D eigenvalue weighted by Crippen LogP contribution is -1.89. The van der Waals surface area contributed by atoms with Crippen molar-refractivity contribution in [3.05, 3.63) is 42.6 Å². The number of nitrogen functional groups attached to an aromatic ring is 1. The molecule has 3 aromatic rings. The van der Waals surface area contributed by atoms with Gasteiger partial charge in [-0.15, -0.1) is 5.10 Å². The number of benzene rings is 1. The van der Waals surface area contributed by atoms with Crippen molar-refractivity contribution < 1.29 is 5.11 Å². The normalized spacial score (nSPS) is 10.8. The van der Waals surface area contributed by atoms with Crippen molar-refractivity contribution >= 4 is 11.3 Å². The zero-order valence-electron chi connectivity index (χ0n) is 8.91. The van der Waals surface area contributed by atoms with Gasteiger partial charge in [0.05, 0.1) is 0 Å². The van der Waals surface area contributed by atoms with Gasteiger partial charge >= 0.3 is 0 Å². The van der Waals surface area contributed by atoms with E-state index in [4.69, 9.17) is 5.73 Å². The average molecular weight is 226 g/mol. The average Bonchev–Trinajstić information content (AvgIpc) is 2.72. The molecule has 0 saturated carbocycles. The maximum atomic E-state index is 9.22. The van der Waals surface area contributed by atoms with Gasteiger partial charge in [-0.2, -0.15) is 0 Å². The molecule has 0 saturated heterocycles. The van der Waals surface area contributed by atoms with Crippen LogP contribution in [0.4, 0.5) is 5.69 Å². The Morgan fingerprint density at radius 1 is 1.12 bits per heavy atom. The van der Waals surface area contributed by atoms with Crippen LogP contribution in [0.25, 0.3) is 17.0 Å². The molecule has 0 unspecified atom stereocenters. The van der Waals surface area contributed by atoms with Gasteiger partial charge in [-0.25, -0.2) is 9.50 Å². The molecule has 5 heteroatoms. The number of anilines is 1. The summed E-state index contributed by atoms with van der Waals surface area (Å²) in [6.07, 6.45) is 1.77. The Hall–Kier alpha value is -2.56. The lowest BCUT2D eigenvalue weighted by molar-refractivity contribution is 0.475. The monoisotopic (exact) mass is 226 g/mol. The molecule has 0 atom stereocenters. The lowest BCUT2D eigenvalue weighted by Gasteiger charge is -1.94. The molecule has 3 rings (SSSR count). The topological polar surface area (TPSA) is 76.4 Å². The van der Waals surface area contributed by atoms with Crippen LogP contribution in [0.15, 0.2) is 42.6 Å². The van der Waals surface area contributed by atoms with Crippen molar-refractivity contribution in [2.45, 2.75) is 0 Å². The van der Waals surface area contributed by atoms with Crippen molar-refractivity contribution in [1.29, 1.82) is 0 Å². The van der Waals surface area contributed by atoms with Crippen molar-refractivity contribution in [2.24, 2.45) is 0 Å². The maximum Gasteiger partial charge on any atom is 0.182 e. The molecular weight excluding hydrogens is 216 g/mol. The molecule has 0 fully saturated rings. The predicted molar refractivity (Wildman–Crippen MR) is 64.5 cm³/mol. The van der Waals surface area contributed by atoms with Crippen LogP contribution in [0.3, 0.4) is 0 Å². The van der Waals surface area contributed by atoms with Crippen molar-refractivity contribution in [3.8, 4) is 17.1 Å². The first-order valence-corrected chi connectivity index (χ1v) is 5.14. The smallest absolute Gasteiger partial charge is 0.182 e. The van der Waals surface area contributed by atoms with E-state index in [2.05, 4.69) is 10.1 Å². The first kappa shape index (κ1) is 9.65. The molecule has 5 nitrogen and oxygen atoms in total. The minimum Gasteiger partial charge on any atom is -0.508 e. The Morgan fingerprint density at radius 3 is 2.65 bits per heavy atom. The number of rotatable bonds is 1. The van der Waals surface area contributed by atoms with Crippen LogP contribution in [0.2, 0.25) is 0 Å². The quantitative estimate of drug-likeness (QED) is 0.662. The molecule has 0 amide bonds. The summed E-state index contributed by atoms with van der Waals surface area (Å²) >= 11 is 0. The molecule has 0 bridgehead atoms. The molecule has 0 radical (unpaired) electrons. The molecule has 0 spiro atoms. The van der Waals surface area contributed by atoms with E-state index in [9.17, 15) is 5.11 Å². The van der Waals surface area contributed by atoms with E-state index < -0.39 is 0 Å². The first-order valence-electron chi connectivity index (χ1n) is 5.14. The number of pyridine rings is 1. The second kappa shape index (κ2) is 3.48. The highest BCUT2D eigenvalue weighted by atomic mass is 16.3. The van der Waals surface area contributed by atoms with Crippen molar-refractivity contribution in [2.75, 3.05) is 5.73 Å². The van der Waals surface area contributed by atoms with Crippen LogP contribution in [0.5, 0.6) is 5.75 Å². The molecular formula is C12H10N4O. The molecule has 2 heterocycles. The molecule has 0 aliphatic rings. The lowest BCUT2D eigenvalue weighted by atomic mass is 10.2. The fraction of sp³-hybridized carbons (Fsp3) is 0.